The van der Waals surface area contributed by atoms with Gasteiger partial charge in [0, 0.05) is 39.2 Å². The van der Waals surface area contributed by atoms with Crippen LogP contribution in [0.15, 0.2) is 12.1 Å². The first-order valence-corrected chi connectivity index (χ1v) is 8.00. The van der Waals surface area contributed by atoms with Gasteiger partial charge in [-0.05, 0) is 23.6 Å². The van der Waals surface area contributed by atoms with Gasteiger partial charge < -0.3 is 9.80 Å². The molecule has 0 saturated heterocycles. The number of benzene rings is 1. The van der Waals surface area contributed by atoms with Crippen LogP contribution < -0.4 is 9.80 Å². The molecule has 2 aromatic rings. The van der Waals surface area contributed by atoms with E-state index in [0.29, 0.717) is 48.4 Å². The fraction of sp³-hybridized carbons (Fsp3) is 0.471. The predicted octanol–water partition coefficient (Wildman–Crippen LogP) is 2.90. The Hall–Kier alpha value is -2.31. The number of rotatable bonds is 3. The first kappa shape index (κ1) is 16.5. The Morgan fingerprint density at radius 2 is 1.88 bits per heavy atom. The van der Waals surface area contributed by atoms with Gasteiger partial charge in [-0.3, -0.25) is 0 Å². The molecule has 1 aromatic carbocycles. The smallest absolute Gasteiger partial charge is 0.230 e. The van der Waals surface area contributed by atoms with E-state index in [0.717, 1.165) is 6.07 Å². The number of anilines is 2. The van der Waals surface area contributed by atoms with E-state index in [1.54, 1.807) is 0 Å². The Morgan fingerprint density at radius 3 is 2.54 bits per heavy atom. The molecule has 0 spiro atoms. The normalized spacial score (nSPS) is 14.0. The van der Waals surface area contributed by atoms with E-state index in [9.17, 15) is 8.78 Å². The zero-order chi connectivity index (χ0) is 17.4. The van der Waals surface area contributed by atoms with Crippen molar-refractivity contribution in [2.75, 3.05) is 30.4 Å². The summed E-state index contributed by atoms with van der Waals surface area (Å²) < 4.78 is 27.4. The molecule has 2 heterocycles. The second-order valence-electron chi connectivity index (χ2n) is 6.54. The van der Waals surface area contributed by atoms with Crippen LogP contribution in [0.25, 0.3) is 0 Å². The standard InChI is InChI=1S/C17H21F2N5/c1-10(2)15-20-16(23(3)4)22-17(21-15)24-6-5-13-11(9-24)7-12(18)8-14(13)19/h7-8,10H,5-6,9H2,1-4H3. The molecular weight excluding hydrogens is 312 g/mol. The summed E-state index contributed by atoms with van der Waals surface area (Å²) in [4.78, 5) is 17.3. The molecule has 0 bridgehead atoms. The highest BCUT2D eigenvalue weighted by Gasteiger charge is 2.23. The van der Waals surface area contributed by atoms with Crippen LogP contribution in [0.2, 0.25) is 0 Å². The topological polar surface area (TPSA) is 45.2 Å². The van der Waals surface area contributed by atoms with Crippen LogP contribution in [-0.4, -0.2) is 35.6 Å². The molecule has 0 atom stereocenters. The number of halogens is 2. The highest BCUT2D eigenvalue weighted by molar-refractivity contribution is 5.43. The monoisotopic (exact) mass is 333 g/mol. The minimum absolute atomic E-state index is 0.164. The Balaban J connectivity index is 1.98. The number of hydrogen-bond acceptors (Lipinski definition) is 5. The van der Waals surface area contributed by atoms with Crippen LogP contribution in [0.1, 0.15) is 36.7 Å². The van der Waals surface area contributed by atoms with Crippen molar-refractivity contribution in [2.45, 2.75) is 32.7 Å². The molecule has 3 rings (SSSR count). The van der Waals surface area contributed by atoms with Crippen LogP contribution >= 0.6 is 0 Å². The van der Waals surface area contributed by atoms with Crippen molar-refractivity contribution in [3.63, 3.8) is 0 Å². The van der Waals surface area contributed by atoms with Gasteiger partial charge in [-0.15, -0.1) is 0 Å². The summed E-state index contributed by atoms with van der Waals surface area (Å²) in [6.07, 6.45) is 0.501. The summed E-state index contributed by atoms with van der Waals surface area (Å²) in [5, 5.41) is 0. The van der Waals surface area contributed by atoms with Gasteiger partial charge in [-0.25, -0.2) is 8.78 Å². The molecule has 24 heavy (non-hydrogen) atoms. The lowest BCUT2D eigenvalue weighted by atomic mass is 9.99. The Bertz CT molecular complexity index is 735. The van der Waals surface area contributed by atoms with Crippen molar-refractivity contribution in [3.8, 4) is 0 Å². The molecule has 0 saturated carbocycles. The maximum absolute atomic E-state index is 13.9. The van der Waals surface area contributed by atoms with Crippen LogP contribution in [-0.2, 0) is 13.0 Å². The van der Waals surface area contributed by atoms with Crippen molar-refractivity contribution in [1.82, 2.24) is 15.0 Å². The van der Waals surface area contributed by atoms with Crippen molar-refractivity contribution < 1.29 is 8.78 Å². The van der Waals surface area contributed by atoms with Crippen LogP contribution in [0.5, 0.6) is 0 Å². The van der Waals surface area contributed by atoms with Gasteiger partial charge in [0.25, 0.3) is 0 Å². The van der Waals surface area contributed by atoms with Crippen molar-refractivity contribution in [1.29, 1.82) is 0 Å². The van der Waals surface area contributed by atoms with Gasteiger partial charge in [0.2, 0.25) is 11.9 Å². The zero-order valence-electron chi connectivity index (χ0n) is 14.3. The molecule has 0 aliphatic carbocycles. The molecule has 1 aliphatic rings. The van der Waals surface area contributed by atoms with Crippen LogP contribution in [0, 0.1) is 11.6 Å². The van der Waals surface area contributed by atoms with Gasteiger partial charge in [0.05, 0.1) is 0 Å². The van der Waals surface area contributed by atoms with Crippen molar-refractivity contribution in [3.05, 3.63) is 40.7 Å². The maximum Gasteiger partial charge on any atom is 0.230 e. The predicted molar refractivity (Wildman–Crippen MR) is 89.4 cm³/mol. The number of nitrogens with zero attached hydrogens (tertiary/aromatic N) is 5. The fourth-order valence-corrected chi connectivity index (χ4v) is 2.75. The van der Waals surface area contributed by atoms with Gasteiger partial charge in [-0.1, -0.05) is 13.8 Å². The summed E-state index contributed by atoms with van der Waals surface area (Å²) >= 11 is 0. The quantitative estimate of drug-likeness (QED) is 0.864. The third-order valence-electron chi connectivity index (χ3n) is 4.07. The Morgan fingerprint density at radius 1 is 1.12 bits per heavy atom. The largest absolute Gasteiger partial charge is 0.347 e. The molecule has 0 radical (unpaired) electrons. The van der Waals surface area contributed by atoms with Gasteiger partial charge in [0.15, 0.2) is 0 Å². The van der Waals surface area contributed by atoms with Crippen LogP contribution in [0.3, 0.4) is 0 Å². The lowest BCUT2D eigenvalue weighted by Gasteiger charge is -2.30. The molecule has 0 fully saturated rings. The zero-order valence-corrected chi connectivity index (χ0v) is 14.3. The SMILES string of the molecule is CC(C)c1nc(N(C)C)nc(N2CCc3c(F)cc(F)cc3C2)n1. The fourth-order valence-electron chi connectivity index (χ4n) is 2.75. The summed E-state index contributed by atoms with van der Waals surface area (Å²) in [7, 11) is 3.75. The lowest BCUT2D eigenvalue weighted by molar-refractivity contribution is 0.553. The molecular formula is C17H21F2N5. The van der Waals surface area contributed by atoms with Gasteiger partial charge >= 0.3 is 0 Å². The van der Waals surface area contributed by atoms with E-state index in [1.165, 1.54) is 6.07 Å². The molecule has 1 aliphatic heterocycles. The number of fused-ring (bicyclic) bond motifs is 1. The first-order chi connectivity index (χ1) is 11.3. The lowest BCUT2D eigenvalue weighted by Crippen LogP contribution is -2.33. The van der Waals surface area contributed by atoms with E-state index in [2.05, 4.69) is 15.0 Å². The Labute approximate surface area is 140 Å². The van der Waals surface area contributed by atoms with E-state index < -0.39 is 11.6 Å². The number of aromatic nitrogens is 3. The minimum atomic E-state index is -0.555. The molecule has 7 heteroatoms. The molecule has 0 amide bonds. The van der Waals surface area contributed by atoms with E-state index in [-0.39, 0.29) is 5.92 Å². The first-order valence-electron chi connectivity index (χ1n) is 8.00. The van der Waals surface area contributed by atoms with Gasteiger partial charge in [-0.2, -0.15) is 15.0 Å². The second kappa shape index (κ2) is 6.30. The molecule has 5 nitrogen and oxygen atoms in total. The summed E-state index contributed by atoms with van der Waals surface area (Å²) in [6, 6.07) is 2.33. The second-order valence-corrected chi connectivity index (χ2v) is 6.54. The minimum Gasteiger partial charge on any atom is -0.347 e. The van der Waals surface area contributed by atoms with E-state index in [1.807, 2.05) is 37.7 Å². The summed E-state index contributed by atoms with van der Waals surface area (Å²) in [5.41, 5.74) is 1.23. The van der Waals surface area contributed by atoms with Crippen molar-refractivity contribution >= 4 is 11.9 Å². The van der Waals surface area contributed by atoms with Crippen LogP contribution in [0.4, 0.5) is 20.7 Å². The summed E-state index contributed by atoms with van der Waals surface area (Å²) in [6.45, 7) is 5.02. The average molecular weight is 333 g/mol. The highest BCUT2D eigenvalue weighted by atomic mass is 19.1. The van der Waals surface area contributed by atoms with Crippen molar-refractivity contribution in [2.24, 2.45) is 0 Å². The molecule has 0 N–H and O–H groups in total. The molecule has 0 unspecified atom stereocenters. The third kappa shape index (κ3) is 3.16. The third-order valence-corrected chi connectivity index (χ3v) is 4.07. The average Bonchev–Trinajstić information content (AvgIpc) is 2.53. The molecule has 1 aromatic heterocycles. The number of hydrogen-bond donors (Lipinski definition) is 0. The summed E-state index contributed by atoms with van der Waals surface area (Å²) in [5.74, 6) is 0.975. The molecule has 128 valence electrons. The highest BCUT2D eigenvalue weighted by Crippen LogP contribution is 2.26. The van der Waals surface area contributed by atoms with E-state index >= 15 is 0 Å². The Kier molecular flexibility index (Phi) is 4.34. The van der Waals surface area contributed by atoms with E-state index in [4.69, 9.17) is 0 Å². The van der Waals surface area contributed by atoms with Gasteiger partial charge in [0.1, 0.15) is 17.5 Å². The maximum atomic E-state index is 13.9.